The first-order valence-corrected chi connectivity index (χ1v) is 10.8. The van der Waals surface area contributed by atoms with Crippen molar-refractivity contribution in [3.63, 3.8) is 0 Å². The van der Waals surface area contributed by atoms with Gasteiger partial charge in [0.25, 0.3) is 0 Å². The molecule has 1 heterocycles. The number of hydrogen-bond donors (Lipinski definition) is 1. The number of alkyl halides is 3. The SMILES string of the molecule is Cc1cc(CN2C(=O)N(c3ccc(C(F)(F)F)cc3)CC2(C)C)cc(C)c1OC(C)(C)C(=O)O. The molecule has 2 amide bonds. The van der Waals surface area contributed by atoms with Gasteiger partial charge in [0.05, 0.1) is 17.6 Å². The molecule has 1 saturated heterocycles. The van der Waals surface area contributed by atoms with Crippen molar-refractivity contribution >= 4 is 17.7 Å². The van der Waals surface area contributed by atoms with Crippen LogP contribution in [0.5, 0.6) is 5.75 Å². The number of nitrogens with zero attached hydrogens (tertiary/aromatic N) is 2. The number of carbonyl (C=O) groups excluding carboxylic acids is 1. The van der Waals surface area contributed by atoms with Crippen LogP contribution < -0.4 is 9.64 Å². The molecule has 0 bridgehead atoms. The highest BCUT2D eigenvalue weighted by molar-refractivity contribution is 5.95. The molecule has 6 nitrogen and oxygen atoms in total. The molecule has 2 aromatic rings. The molecular weight excluding hydrogens is 449 g/mol. The summed E-state index contributed by atoms with van der Waals surface area (Å²) >= 11 is 0. The molecule has 0 unspecified atom stereocenters. The van der Waals surface area contributed by atoms with Crippen molar-refractivity contribution in [2.45, 2.75) is 65.4 Å². The van der Waals surface area contributed by atoms with Crippen molar-refractivity contribution in [3.05, 3.63) is 58.7 Å². The van der Waals surface area contributed by atoms with E-state index in [2.05, 4.69) is 0 Å². The smallest absolute Gasteiger partial charge is 0.416 e. The maximum Gasteiger partial charge on any atom is 0.416 e. The third kappa shape index (κ3) is 4.98. The lowest BCUT2D eigenvalue weighted by Crippen LogP contribution is -2.41. The topological polar surface area (TPSA) is 70.1 Å². The molecule has 0 atom stereocenters. The Hall–Kier alpha value is -3.23. The van der Waals surface area contributed by atoms with Crippen molar-refractivity contribution < 1.29 is 32.6 Å². The molecule has 34 heavy (non-hydrogen) atoms. The lowest BCUT2D eigenvalue weighted by Gasteiger charge is -2.30. The third-order valence-electron chi connectivity index (χ3n) is 5.98. The maximum absolute atomic E-state index is 13.2. The zero-order valence-corrected chi connectivity index (χ0v) is 20.1. The van der Waals surface area contributed by atoms with E-state index in [-0.39, 0.29) is 12.6 Å². The van der Waals surface area contributed by atoms with E-state index in [1.165, 1.54) is 30.9 Å². The first kappa shape index (κ1) is 25.4. The van der Waals surface area contributed by atoms with Gasteiger partial charge in [-0.25, -0.2) is 9.59 Å². The molecule has 9 heteroatoms. The van der Waals surface area contributed by atoms with Crippen molar-refractivity contribution in [3.8, 4) is 5.75 Å². The molecule has 0 aliphatic carbocycles. The lowest BCUT2D eigenvalue weighted by atomic mass is 10.0. The molecular formula is C25H29F3N2O4. The molecule has 3 rings (SSSR count). The normalized spacial score (nSPS) is 16.2. The van der Waals surface area contributed by atoms with Crippen LogP contribution in [0.2, 0.25) is 0 Å². The fourth-order valence-electron chi connectivity index (χ4n) is 4.03. The van der Waals surface area contributed by atoms with E-state index in [9.17, 15) is 27.9 Å². The minimum Gasteiger partial charge on any atom is -0.478 e. The summed E-state index contributed by atoms with van der Waals surface area (Å²) in [5.41, 5.74) is 0.000565. The Morgan fingerprint density at radius 1 is 1.09 bits per heavy atom. The van der Waals surface area contributed by atoms with E-state index in [0.29, 0.717) is 18.0 Å². The number of aryl methyl sites for hydroxylation is 2. The van der Waals surface area contributed by atoms with E-state index in [4.69, 9.17) is 4.74 Å². The molecule has 1 N–H and O–H groups in total. The molecule has 1 aliphatic heterocycles. The fourth-order valence-corrected chi connectivity index (χ4v) is 4.03. The minimum atomic E-state index is -4.44. The highest BCUT2D eigenvalue weighted by Crippen LogP contribution is 2.36. The van der Waals surface area contributed by atoms with Gasteiger partial charge in [-0.3, -0.25) is 4.90 Å². The quantitative estimate of drug-likeness (QED) is 0.571. The molecule has 0 aromatic heterocycles. The minimum absolute atomic E-state index is 0.285. The monoisotopic (exact) mass is 478 g/mol. The van der Waals surface area contributed by atoms with Gasteiger partial charge in [-0.15, -0.1) is 0 Å². The van der Waals surface area contributed by atoms with Crippen LogP contribution in [0.15, 0.2) is 36.4 Å². The molecule has 1 aliphatic rings. The lowest BCUT2D eigenvalue weighted by molar-refractivity contribution is -0.152. The van der Waals surface area contributed by atoms with Gasteiger partial charge in [-0.05, 0) is 82.5 Å². The van der Waals surface area contributed by atoms with Crippen LogP contribution in [0.1, 0.15) is 49.9 Å². The number of hydrogen-bond acceptors (Lipinski definition) is 3. The van der Waals surface area contributed by atoms with Gasteiger partial charge in [0, 0.05) is 12.2 Å². The number of anilines is 1. The fraction of sp³-hybridized carbons (Fsp3) is 0.440. The largest absolute Gasteiger partial charge is 0.478 e. The summed E-state index contributed by atoms with van der Waals surface area (Å²) in [6.45, 7) is 11.0. The van der Waals surface area contributed by atoms with Crippen molar-refractivity contribution in [2.24, 2.45) is 0 Å². The molecule has 184 valence electrons. The number of amides is 2. The number of urea groups is 1. The Morgan fingerprint density at radius 2 is 1.62 bits per heavy atom. The number of carbonyl (C=O) groups is 2. The van der Waals surface area contributed by atoms with Crippen LogP contribution in [-0.4, -0.2) is 39.7 Å². The second kappa shape index (κ2) is 8.52. The highest BCUT2D eigenvalue weighted by Gasteiger charge is 2.44. The van der Waals surface area contributed by atoms with E-state index >= 15 is 0 Å². The summed E-state index contributed by atoms with van der Waals surface area (Å²) in [6.07, 6.45) is -4.44. The third-order valence-corrected chi connectivity index (χ3v) is 5.98. The van der Waals surface area contributed by atoms with Crippen LogP contribution in [0.25, 0.3) is 0 Å². The summed E-state index contributed by atoms with van der Waals surface area (Å²) < 4.78 is 44.4. The number of benzene rings is 2. The van der Waals surface area contributed by atoms with Gasteiger partial charge < -0.3 is 14.7 Å². The maximum atomic E-state index is 13.2. The van der Waals surface area contributed by atoms with Crippen LogP contribution >= 0.6 is 0 Å². The molecule has 0 spiro atoms. The van der Waals surface area contributed by atoms with Crippen molar-refractivity contribution in [1.29, 1.82) is 0 Å². The van der Waals surface area contributed by atoms with Crippen LogP contribution in [0.4, 0.5) is 23.7 Å². The van der Waals surface area contributed by atoms with Gasteiger partial charge in [0.1, 0.15) is 5.75 Å². The van der Waals surface area contributed by atoms with E-state index in [1.54, 1.807) is 4.90 Å². The Labute approximate surface area is 196 Å². The van der Waals surface area contributed by atoms with Gasteiger partial charge in [0.2, 0.25) is 0 Å². The zero-order chi connectivity index (χ0) is 25.6. The molecule has 2 aromatic carbocycles. The summed E-state index contributed by atoms with van der Waals surface area (Å²) in [6, 6.07) is 7.97. The van der Waals surface area contributed by atoms with E-state index in [1.807, 2.05) is 39.8 Å². The number of aliphatic carboxylic acids is 1. The van der Waals surface area contributed by atoms with E-state index in [0.717, 1.165) is 28.8 Å². The molecule has 0 saturated carbocycles. The predicted octanol–water partition coefficient (Wildman–Crippen LogP) is 5.79. The predicted molar refractivity (Wildman–Crippen MR) is 122 cm³/mol. The second-order valence-electron chi connectivity index (χ2n) is 9.79. The van der Waals surface area contributed by atoms with Crippen LogP contribution in [0, 0.1) is 13.8 Å². The average molecular weight is 479 g/mol. The average Bonchev–Trinajstić information content (AvgIpc) is 2.93. The standard InChI is InChI=1S/C25H29F3N2O4/c1-15-11-17(12-16(2)20(15)34-24(5,6)21(31)32)13-30-22(33)29(14-23(30,3)4)19-9-7-18(8-10-19)25(26,27)28/h7-12H,13-14H2,1-6H3,(H,31,32). The Kier molecular flexibility index (Phi) is 6.37. The summed E-state index contributed by atoms with van der Waals surface area (Å²) in [5.74, 6) is -0.599. The van der Waals surface area contributed by atoms with Crippen LogP contribution in [-0.2, 0) is 17.5 Å². The second-order valence-corrected chi connectivity index (χ2v) is 9.79. The van der Waals surface area contributed by atoms with Crippen LogP contribution in [0.3, 0.4) is 0 Å². The van der Waals surface area contributed by atoms with E-state index < -0.39 is 28.8 Å². The van der Waals surface area contributed by atoms with Gasteiger partial charge in [-0.1, -0.05) is 12.1 Å². The number of halogens is 3. The summed E-state index contributed by atoms with van der Waals surface area (Å²) in [5, 5.41) is 9.36. The van der Waals surface area contributed by atoms with Gasteiger partial charge in [-0.2, -0.15) is 13.2 Å². The van der Waals surface area contributed by atoms with Crippen molar-refractivity contribution in [2.75, 3.05) is 11.4 Å². The number of carboxylic acids is 1. The number of carboxylic acid groups (broad SMARTS) is 1. The van der Waals surface area contributed by atoms with Gasteiger partial charge >= 0.3 is 18.2 Å². The zero-order valence-electron chi connectivity index (χ0n) is 20.1. The highest BCUT2D eigenvalue weighted by atomic mass is 19.4. The summed E-state index contributed by atoms with van der Waals surface area (Å²) in [7, 11) is 0. The molecule has 1 fully saturated rings. The van der Waals surface area contributed by atoms with Gasteiger partial charge in [0.15, 0.2) is 5.60 Å². The first-order valence-electron chi connectivity index (χ1n) is 10.8. The molecule has 0 radical (unpaired) electrons. The Balaban J connectivity index is 1.84. The van der Waals surface area contributed by atoms with Crippen molar-refractivity contribution in [1.82, 2.24) is 4.90 Å². The Bertz CT molecular complexity index is 1090. The number of rotatable bonds is 6. The first-order chi connectivity index (χ1) is 15.5. The number of ether oxygens (including phenoxy) is 1. The Morgan fingerprint density at radius 3 is 2.09 bits per heavy atom. The summed E-state index contributed by atoms with van der Waals surface area (Å²) in [4.78, 5) is 27.8.